The number of rotatable bonds is 5. The van der Waals surface area contributed by atoms with Crippen LogP contribution in [0.15, 0.2) is 36.7 Å². The van der Waals surface area contributed by atoms with Crippen molar-refractivity contribution in [3.05, 3.63) is 71.1 Å². The van der Waals surface area contributed by atoms with Crippen LogP contribution in [0.5, 0.6) is 0 Å². The van der Waals surface area contributed by atoms with Gasteiger partial charge in [0.05, 0.1) is 34.3 Å². The summed E-state index contributed by atoms with van der Waals surface area (Å²) in [6, 6.07) is 5.56. The molecule has 0 unspecified atom stereocenters. The number of aromatic nitrogens is 7. The van der Waals surface area contributed by atoms with Gasteiger partial charge in [-0.05, 0) is 54.4 Å². The van der Waals surface area contributed by atoms with Gasteiger partial charge in [0, 0.05) is 6.20 Å². The second-order valence-corrected chi connectivity index (χ2v) is 10.1. The van der Waals surface area contributed by atoms with Crippen LogP contribution in [0.25, 0.3) is 22.8 Å². The highest BCUT2D eigenvalue weighted by molar-refractivity contribution is 5.64. The lowest BCUT2D eigenvalue weighted by Crippen LogP contribution is -2.38. The number of halogens is 2. The van der Waals surface area contributed by atoms with E-state index in [1.54, 1.807) is 18.5 Å². The van der Waals surface area contributed by atoms with Gasteiger partial charge in [0.1, 0.15) is 23.4 Å². The van der Waals surface area contributed by atoms with Crippen LogP contribution in [0.2, 0.25) is 0 Å². The lowest BCUT2D eigenvalue weighted by molar-refractivity contribution is 0.164. The molecule has 0 amide bonds. The molecule has 2 aliphatic carbocycles. The molecule has 1 fully saturated rings. The first-order valence-corrected chi connectivity index (χ1v) is 12.0. The monoisotopic (exact) mass is 489 g/mol. The molecule has 0 radical (unpaired) electrons. The van der Waals surface area contributed by atoms with Crippen LogP contribution in [0, 0.1) is 17.0 Å². The average molecular weight is 490 g/mol. The highest BCUT2D eigenvalue weighted by Gasteiger charge is 2.65. The van der Waals surface area contributed by atoms with E-state index in [2.05, 4.69) is 44.2 Å². The maximum atomic E-state index is 14.5. The van der Waals surface area contributed by atoms with Gasteiger partial charge in [0.15, 0.2) is 5.82 Å². The van der Waals surface area contributed by atoms with E-state index >= 15 is 0 Å². The summed E-state index contributed by atoms with van der Waals surface area (Å²) < 4.78 is 29.0. The Bertz CT molecular complexity index is 1470. The zero-order valence-electron chi connectivity index (χ0n) is 20.1. The number of aromatic amines is 1. The van der Waals surface area contributed by atoms with Crippen molar-refractivity contribution >= 4 is 0 Å². The van der Waals surface area contributed by atoms with E-state index in [0.717, 1.165) is 29.8 Å². The Morgan fingerprint density at radius 2 is 1.89 bits per heavy atom. The molecule has 0 spiro atoms. The first kappa shape index (κ1) is 22.8. The van der Waals surface area contributed by atoms with Crippen LogP contribution < -0.4 is 0 Å². The number of benzene rings is 1. The van der Waals surface area contributed by atoms with Crippen molar-refractivity contribution in [3.8, 4) is 22.8 Å². The highest BCUT2D eigenvalue weighted by atomic mass is 19.1. The molecule has 0 aliphatic heterocycles. The van der Waals surface area contributed by atoms with E-state index < -0.39 is 23.2 Å². The van der Waals surface area contributed by atoms with Gasteiger partial charge >= 0.3 is 0 Å². The molecule has 2 N–H and O–H groups in total. The zero-order chi connectivity index (χ0) is 25.2. The summed E-state index contributed by atoms with van der Waals surface area (Å²) in [5.74, 6) is -0.482. The Morgan fingerprint density at radius 3 is 2.64 bits per heavy atom. The fraction of sp³-hybridized carbons (Fsp3) is 0.385. The lowest BCUT2D eigenvalue weighted by Gasteiger charge is -2.37. The fourth-order valence-corrected chi connectivity index (χ4v) is 6.17. The molecule has 6 rings (SSSR count). The molecule has 3 heterocycles. The number of H-pyrrole nitrogens is 1. The summed E-state index contributed by atoms with van der Waals surface area (Å²) in [5, 5.41) is 25.9. The van der Waals surface area contributed by atoms with Crippen molar-refractivity contribution in [2.24, 2.45) is 5.41 Å². The Kier molecular flexibility index (Phi) is 5.01. The number of nitrogens with zero attached hydrogens (tertiary/aromatic N) is 6. The van der Waals surface area contributed by atoms with Crippen LogP contribution in [0.3, 0.4) is 0 Å². The summed E-state index contributed by atoms with van der Waals surface area (Å²) >= 11 is 0. The largest absolute Gasteiger partial charge is 0.385 e. The van der Waals surface area contributed by atoms with E-state index in [-0.39, 0.29) is 22.6 Å². The molecular weight excluding hydrogens is 464 g/mol. The van der Waals surface area contributed by atoms with Crippen LogP contribution >= 0.6 is 0 Å². The van der Waals surface area contributed by atoms with Crippen molar-refractivity contribution in [2.75, 3.05) is 0 Å². The molecule has 2 bridgehead atoms. The summed E-state index contributed by atoms with van der Waals surface area (Å²) in [4.78, 5) is 13.8. The molecule has 0 saturated heterocycles. The van der Waals surface area contributed by atoms with Crippen LogP contribution in [-0.4, -0.2) is 40.5 Å². The first-order chi connectivity index (χ1) is 17.3. The van der Waals surface area contributed by atoms with Gasteiger partial charge < -0.3 is 5.11 Å². The summed E-state index contributed by atoms with van der Waals surface area (Å²) in [5.41, 5.74) is 2.09. The van der Waals surface area contributed by atoms with Crippen molar-refractivity contribution < 1.29 is 13.9 Å². The normalized spacial score (nSPS) is 22.6. The van der Waals surface area contributed by atoms with Crippen LogP contribution in [-0.2, 0) is 5.41 Å². The van der Waals surface area contributed by atoms with Gasteiger partial charge in [-0.2, -0.15) is 10.2 Å². The minimum atomic E-state index is -0.735. The summed E-state index contributed by atoms with van der Waals surface area (Å²) in [7, 11) is 0. The van der Waals surface area contributed by atoms with E-state index in [0.29, 0.717) is 23.8 Å². The van der Waals surface area contributed by atoms with E-state index in [1.807, 2.05) is 6.92 Å². The Morgan fingerprint density at radius 1 is 1.11 bits per heavy atom. The molecule has 8 nitrogen and oxygen atoms in total. The molecule has 3 atom stereocenters. The molecular formula is C26H25F2N7O. The van der Waals surface area contributed by atoms with Crippen molar-refractivity contribution in [2.45, 2.75) is 57.5 Å². The smallest absolute Gasteiger partial charge is 0.201 e. The molecule has 1 saturated carbocycles. The third-order valence-corrected chi connectivity index (χ3v) is 8.11. The van der Waals surface area contributed by atoms with Gasteiger partial charge in [-0.1, -0.05) is 26.8 Å². The van der Waals surface area contributed by atoms with Gasteiger partial charge in [0.25, 0.3) is 0 Å². The van der Waals surface area contributed by atoms with Gasteiger partial charge in [-0.25, -0.2) is 18.7 Å². The number of nitrogens with one attached hydrogen (secondary N) is 1. The molecule has 4 aromatic rings. The Balaban J connectivity index is 1.47. The number of hydrogen-bond acceptors (Lipinski definition) is 7. The molecule has 36 heavy (non-hydrogen) atoms. The van der Waals surface area contributed by atoms with Crippen molar-refractivity contribution in [1.29, 1.82) is 0 Å². The quantitative estimate of drug-likeness (QED) is 0.420. The van der Waals surface area contributed by atoms with Crippen LogP contribution in [0.1, 0.15) is 74.8 Å². The average Bonchev–Trinajstić information content (AvgIpc) is 3.52. The molecule has 1 aromatic carbocycles. The number of aliphatic hydroxyl groups excluding tert-OH is 1. The van der Waals surface area contributed by atoms with Crippen molar-refractivity contribution in [3.63, 3.8) is 0 Å². The fourth-order valence-electron chi connectivity index (χ4n) is 6.17. The third-order valence-electron chi connectivity index (χ3n) is 8.11. The lowest BCUT2D eigenvalue weighted by atomic mass is 9.66. The predicted molar refractivity (Wildman–Crippen MR) is 127 cm³/mol. The second kappa shape index (κ2) is 7.92. The number of hydrogen-bond donors (Lipinski definition) is 2. The second-order valence-electron chi connectivity index (χ2n) is 10.1. The van der Waals surface area contributed by atoms with Gasteiger partial charge in [-0.3, -0.25) is 10.1 Å². The molecule has 10 heteroatoms. The minimum absolute atomic E-state index is 0.122. The zero-order valence-corrected chi connectivity index (χ0v) is 20.1. The Labute approximate surface area is 206 Å². The van der Waals surface area contributed by atoms with Crippen molar-refractivity contribution in [1.82, 2.24) is 35.3 Å². The Hall–Kier alpha value is -3.66. The van der Waals surface area contributed by atoms with Crippen LogP contribution in [0.4, 0.5) is 8.78 Å². The van der Waals surface area contributed by atoms with E-state index in [4.69, 9.17) is 4.98 Å². The third kappa shape index (κ3) is 3.00. The maximum absolute atomic E-state index is 14.5. The first-order valence-electron chi connectivity index (χ1n) is 12.0. The van der Waals surface area contributed by atoms with E-state index in [1.165, 1.54) is 18.2 Å². The number of aliphatic hydroxyl groups is 1. The van der Waals surface area contributed by atoms with E-state index in [9.17, 15) is 13.9 Å². The topological polar surface area (TPSA) is 113 Å². The van der Waals surface area contributed by atoms with Gasteiger partial charge in [-0.15, -0.1) is 5.10 Å². The molecule has 2 aliphatic rings. The maximum Gasteiger partial charge on any atom is 0.201 e. The number of fused-ring (bicyclic) bond motifs is 5. The SMILES string of the molecule is CC[C@@H](O)c1nc(-c2cncc([C@@]34CC[C@@H](c5cc(-c6c(F)cccc6F)nnc53)C4(C)C)n2)n[nH]1. The molecule has 3 aromatic heterocycles. The van der Waals surface area contributed by atoms with Gasteiger partial charge in [0.2, 0.25) is 5.82 Å². The summed E-state index contributed by atoms with van der Waals surface area (Å²) in [6.07, 6.45) is 4.78. The highest BCUT2D eigenvalue weighted by Crippen LogP contribution is 2.69. The standard InChI is InChI=1S/C26H25F2N7O/c1-4-19(36)24-31-23(34-35-24)18-11-29-12-20(30-18)26-9-8-14(25(26,2)3)13-10-17(32-33-22(13)26)21-15(27)6-5-7-16(21)28/h5-7,10-12,14,19,36H,4,8-9H2,1-3H3,(H,31,34,35)/t14-,19+,26-/m0/s1. The minimum Gasteiger partial charge on any atom is -0.385 e. The predicted octanol–water partition coefficient (Wildman–Crippen LogP) is 4.64. The molecule has 184 valence electrons. The summed E-state index contributed by atoms with van der Waals surface area (Å²) in [6.45, 7) is 6.20.